The predicted molar refractivity (Wildman–Crippen MR) is 533 cm³/mol. The Labute approximate surface area is 813 Å². The van der Waals surface area contributed by atoms with Gasteiger partial charge in [0.25, 0.3) is 0 Å². The van der Waals surface area contributed by atoms with Gasteiger partial charge in [-0.3, -0.25) is 0 Å². The van der Waals surface area contributed by atoms with Crippen LogP contribution in [0.4, 0.5) is 89.9 Å². The van der Waals surface area contributed by atoms with E-state index in [1.807, 2.05) is 53.4 Å². The number of hydrogen-bond donors (Lipinski definition) is 3. The number of pyridine rings is 4. The molecule has 0 unspecified atom stereocenters. The molecule has 0 saturated carbocycles. The third-order valence-electron chi connectivity index (χ3n) is 26.5. The van der Waals surface area contributed by atoms with Crippen LogP contribution in [0.15, 0.2) is 157 Å². The van der Waals surface area contributed by atoms with Crippen LogP contribution in [0.2, 0.25) is 5.28 Å². The summed E-state index contributed by atoms with van der Waals surface area (Å²) in [6, 6.07) is 31.1. The van der Waals surface area contributed by atoms with Crippen LogP contribution in [0.1, 0.15) is 106 Å². The number of halogens is 8. The lowest BCUT2D eigenvalue weighted by Crippen LogP contribution is -2.46. The van der Waals surface area contributed by atoms with E-state index in [2.05, 4.69) is 221 Å². The Bertz CT molecular complexity index is 6490. The van der Waals surface area contributed by atoms with E-state index in [1.165, 1.54) is 55.3 Å². The molecule has 0 bridgehead atoms. The number of aromatic nitrogens is 16. The molecule has 4 saturated heterocycles. The Morgan fingerprint density at radius 3 is 0.993 bits per heavy atom. The van der Waals surface area contributed by atoms with Gasteiger partial charge >= 0.3 is 11.6 Å². The normalized spacial score (nSPS) is 16.6. The summed E-state index contributed by atoms with van der Waals surface area (Å²) in [7, 11) is 0. The second-order valence-corrected chi connectivity index (χ2v) is 37.9. The van der Waals surface area contributed by atoms with Gasteiger partial charge in [0.2, 0.25) is 17.2 Å². The summed E-state index contributed by atoms with van der Waals surface area (Å²) < 4.78 is 95.3. The van der Waals surface area contributed by atoms with Crippen molar-refractivity contribution >= 4 is 124 Å². The first-order chi connectivity index (χ1) is 66.7. The molecule has 14 aromatic rings. The lowest BCUT2D eigenvalue weighted by molar-refractivity contribution is -0.389. The second kappa shape index (κ2) is 42.6. The number of likely N-dealkylation sites (N-methyl/N-ethyl adjacent to an activating group) is 4. The third-order valence-corrected chi connectivity index (χ3v) is 27.1. The Morgan fingerprint density at radius 2 is 0.683 bits per heavy atom. The van der Waals surface area contributed by atoms with Crippen molar-refractivity contribution in [3.05, 3.63) is 235 Å². The van der Waals surface area contributed by atoms with Gasteiger partial charge < -0.3 is 89.5 Å². The summed E-state index contributed by atoms with van der Waals surface area (Å²) in [5.74, 6) is 0.412. The minimum Gasteiger partial charge on any atom is -0.399 e. The number of hydrogen-bond acceptors (Lipinski definition) is 28. The molecule has 4 fully saturated rings. The van der Waals surface area contributed by atoms with Gasteiger partial charge in [0.15, 0.2) is 47.3 Å². The molecule has 0 amide bonds. The minimum atomic E-state index is -0.645. The number of imidazole rings is 3. The zero-order valence-electron chi connectivity index (χ0n) is 79.2. The Hall–Kier alpha value is -13.3. The molecule has 7 aliphatic rings. The second-order valence-electron chi connectivity index (χ2n) is 36.7. The highest BCUT2D eigenvalue weighted by Gasteiger charge is 2.38. The van der Waals surface area contributed by atoms with Crippen LogP contribution in [0.3, 0.4) is 0 Å². The van der Waals surface area contributed by atoms with Crippen molar-refractivity contribution < 1.29 is 36.2 Å². The number of aryl methyl sites for hydroxylation is 3. The molecule has 0 radical (unpaired) electrons. The number of nitro groups is 2. The summed E-state index contributed by atoms with van der Waals surface area (Å²) in [6.45, 7) is 42.2. The highest BCUT2D eigenvalue weighted by Crippen LogP contribution is 2.43. The molecule has 17 heterocycles. The average molecular weight is 1990 g/mol. The number of nitrogens with two attached hydrogens (primary N) is 1. The van der Waals surface area contributed by atoms with Crippen molar-refractivity contribution in [1.29, 1.82) is 0 Å². The molecule has 0 aliphatic carbocycles. The van der Waals surface area contributed by atoms with Crippen molar-refractivity contribution in [2.24, 2.45) is 0 Å². The molecule has 33 nitrogen and oxygen atoms in total. The molecule has 0 atom stereocenters. The van der Waals surface area contributed by atoms with Crippen LogP contribution in [-0.2, 0) is 35.9 Å². The lowest BCUT2D eigenvalue weighted by atomic mass is 10.0. The summed E-state index contributed by atoms with van der Waals surface area (Å²) in [5.41, 5.74) is 14.2. The summed E-state index contributed by atoms with van der Waals surface area (Å²) in [5, 5.41) is 26.6. The molecule has 728 valence electrons. The molecule has 0 spiro atoms. The van der Waals surface area contributed by atoms with Gasteiger partial charge in [0.1, 0.15) is 62.7 Å². The predicted octanol–water partition coefficient (Wildman–Crippen LogP) is 17.9. The topological polar surface area (TPSA) is 345 Å². The number of benzene rings is 4. The first kappa shape index (κ1) is 98.8. The quantitative estimate of drug-likeness (QED) is 0.0251. The van der Waals surface area contributed by atoms with E-state index in [0.717, 1.165) is 220 Å². The standard InChI is InChI=1S/2C27H30F2N8.C16H13ClF2N4.C12H19N3.C11H16N4O2.C5H3BrN2O2/c2*1-4-35-9-11-36(12-10-35)18-5-6-22(30-15-18)32-26-31-16-20(29)24(34-26)17-13-19(28)25-21(14-17)37-23(33-25)7-8-27(37,2)3;1-16(2)4-3-12-21-14-9(18)5-8(6-11(14)23(12)16)13-10(19)7-20-15(17)22-13;1-2-14-7-9-15(10-8-14)12-5-3-11(13)4-6-12;1-2-13-5-7-14(8-6-13)10-3-4-11(12-9-10)15(16)17;6-4-1-2-5(7-3-4)8(9)10/h2*5-6,13-16H,4,7-12H2,1-3H3,(H,30,31,32,34);5-7H,3-4H2,1-2H3;3-6H,2,7-10,13H2,1H3;3-4,9H,2,5-8H2,1H3;1-3H. The van der Waals surface area contributed by atoms with Crippen molar-refractivity contribution in [2.45, 2.75) is 124 Å². The number of piperazine rings is 4. The number of fused-ring (bicyclic) bond motifs is 9. The van der Waals surface area contributed by atoms with Gasteiger partial charge in [-0.15, -0.1) is 0 Å². The maximum atomic E-state index is 15.1. The van der Waals surface area contributed by atoms with Crippen molar-refractivity contribution in [3.63, 3.8) is 0 Å². The number of rotatable bonds is 17. The largest absolute Gasteiger partial charge is 0.399 e. The number of nitrogen functional groups attached to an aromatic ring is 1. The van der Waals surface area contributed by atoms with Crippen molar-refractivity contribution in [2.75, 3.05) is 167 Å². The molecule has 139 heavy (non-hydrogen) atoms. The summed E-state index contributed by atoms with van der Waals surface area (Å²) >= 11 is 8.85. The maximum absolute atomic E-state index is 15.1. The average Bonchev–Trinajstić information content (AvgIpc) is 1.58. The number of nitrogens with one attached hydrogen (secondary N) is 2. The van der Waals surface area contributed by atoms with Crippen LogP contribution in [0.25, 0.3) is 66.9 Å². The van der Waals surface area contributed by atoms with Crippen molar-refractivity contribution in [1.82, 2.24) is 98.1 Å². The van der Waals surface area contributed by atoms with E-state index in [9.17, 15) is 37.8 Å². The molecule has 7 aliphatic heterocycles. The van der Waals surface area contributed by atoms with Crippen LogP contribution in [-0.4, -0.2) is 239 Å². The number of nitrogens with zero attached hydrogens (tertiary/aromatic N) is 26. The molecule has 4 N–H and O–H groups in total. The minimum absolute atomic E-state index is 0.0165. The zero-order chi connectivity index (χ0) is 98.3. The fourth-order valence-corrected chi connectivity index (χ4v) is 18.9. The molecule has 4 aromatic carbocycles. The third kappa shape index (κ3) is 22.7. The lowest BCUT2D eigenvalue weighted by Gasteiger charge is -2.35. The van der Waals surface area contributed by atoms with Crippen LogP contribution in [0.5, 0.6) is 0 Å². The molecular formula is C98H111BrClF6N29O4. The summed E-state index contributed by atoms with van der Waals surface area (Å²) in [4.78, 5) is 92.7. The van der Waals surface area contributed by atoms with Crippen LogP contribution in [0, 0.1) is 55.1 Å². The van der Waals surface area contributed by atoms with Gasteiger partial charge in [0.05, 0.1) is 69.1 Å². The van der Waals surface area contributed by atoms with Gasteiger partial charge in [0, 0.05) is 181 Å². The molecule has 10 aromatic heterocycles. The highest BCUT2D eigenvalue weighted by molar-refractivity contribution is 9.10. The van der Waals surface area contributed by atoms with E-state index in [-0.39, 0.29) is 62.5 Å². The SMILES string of the molecule is CC1(C)CCc2nc3c(F)cc(-c4nc(Cl)ncc4F)cc3n21.CCN1CCN(c2ccc(N)cc2)CC1.CCN1CCN(c2ccc(Nc3ncc(F)c(-c4cc(F)c5nc6n(c5c4)C(C)(C)CC6)n3)nc2)CC1.CCN1CCN(c2ccc(Nc3ncc(F)c(-c4cc(F)c5nc6n(c5c4)C(C)(C)CC6)n3)nc2)CC1.CCN1CCN(c2ccc([N+](=O)[O-])nc2)CC1.O=[N+]([O-])c1ccc(Br)cn1. The van der Waals surface area contributed by atoms with E-state index in [1.54, 1.807) is 36.5 Å². The molecule has 41 heteroatoms. The number of anilines is 9. The van der Waals surface area contributed by atoms with E-state index >= 15 is 8.78 Å². The Morgan fingerprint density at radius 1 is 0.374 bits per heavy atom. The highest BCUT2D eigenvalue weighted by atomic mass is 79.9. The van der Waals surface area contributed by atoms with Crippen LogP contribution < -0.4 is 36.0 Å². The smallest absolute Gasteiger partial charge is 0.363 e. The maximum Gasteiger partial charge on any atom is 0.363 e. The van der Waals surface area contributed by atoms with E-state index in [4.69, 9.17) is 17.3 Å². The van der Waals surface area contributed by atoms with Gasteiger partial charge in [-0.05, 0) is 231 Å². The molecule has 21 rings (SSSR count). The first-order valence-electron chi connectivity index (χ1n) is 46.7. The Kier molecular flexibility index (Phi) is 30.3. The summed E-state index contributed by atoms with van der Waals surface area (Å²) in [6.07, 6.45) is 14.9. The first-order valence-corrected chi connectivity index (χ1v) is 47.8. The van der Waals surface area contributed by atoms with E-state index in [0.29, 0.717) is 61.4 Å². The van der Waals surface area contributed by atoms with Gasteiger partial charge in [-0.1, -0.05) is 27.7 Å². The fraction of sp³-hybridized carbons (Fsp3) is 0.398. The van der Waals surface area contributed by atoms with Gasteiger partial charge in [-0.25, -0.2) is 81.2 Å². The monoisotopic (exact) mass is 1990 g/mol. The van der Waals surface area contributed by atoms with E-state index < -0.39 is 44.7 Å². The van der Waals surface area contributed by atoms with Gasteiger partial charge in [-0.2, -0.15) is 0 Å². The Balaban J connectivity index is 0.000000127. The van der Waals surface area contributed by atoms with Crippen molar-refractivity contribution in [3.8, 4) is 33.8 Å². The zero-order valence-corrected chi connectivity index (χ0v) is 81.5. The molecular weight excluding hydrogens is 1880 g/mol. The van der Waals surface area contributed by atoms with Crippen LogP contribution >= 0.6 is 27.5 Å². The fourth-order valence-electron chi connectivity index (χ4n) is 18.5.